The molecule has 0 fully saturated rings. The van der Waals surface area contributed by atoms with Crippen LogP contribution in [0.4, 0.5) is 5.82 Å². The fraction of sp³-hybridized carbons (Fsp3) is 0. The summed E-state index contributed by atoms with van der Waals surface area (Å²) in [6.07, 6.45) is 3.69. The maximum atomic E-state index is 8.86. The monoisotopic (exact) mass is 210 g/mol. The fourth-order valence-electron chi connectivity index (χ4n) is 1.35. The number of nitrogen functional groups attached to an aromatic ring is 1. The number of aromatic nitrogens is 2. The normalized spacial score (nSPS) is 10.4. The summed E-state index contributed by atoms with van der Waals surface area (Å²) >= 11 is 0. The minimum Gasteiger partial charge on any atom is -0.381 e. The van der Waals surface area contributed by atoms with Crippen molar-refractivity contribution in [3.8, 4) is 6.07 Å². The minimum atomic E-state index is 0.232. The van der Waals surface area contributed by atoms with Crippen molar-refractivity contribution < 1.29 is 0 Å². The van der Waals surface area contributed by atoms with Gasteiger partial charge in [0.05, 0.1) is 5.69 Å². The van der Waals surface area contributed by atoms with E-state index in [1.807, 2.05) is 42.5 Å². The zero-order valence-electron chi connectivity index (χ0n) is 8.51. The van der Waals surface area contributed by atoms with Crippen LogP contribution in [0.3, 0.4) is 0 Å². The van der Waals surface area contributed by atoms with Crippen LogP contribution in [0, 0.1) is 11.3 Å². The third-order valence-corrected chi connectivity index (χ3v) is 2.18. The molecule has 2 rings (SSSR count). The number of rotatable bonds is 2. The molecule has 16 heavy (non-hydrogen) atoms. The average molecular weight is 210 g/mol. The van der Waals surface area contributed by atoms with Crippen LogP contribution in [-0.2, 0) is 0 Å². The van der Waals surface area contributed by atoms with Crippen LogP contribution < -0.4 is 5.73 Å². The van der Waals surface area contributed by atoms with Crippen LogP contribution in [0.5, 0.6) is 0 Å². The summed E-state index contributed by atoms with van der Waals surface area (Å²) in [5.74, 6) is 0.232. The predicted octanol–water partition coefficient (Wildman–Crippen LogP) is 2.03. The number of aromatic amines is 1. The van der Waals surface area contributed by atoms with E-state index in [4.69, 9.17) is 11.0 Å². The molecule has 0 amide bonds. The van der Waals surface area contributed by atoms with Gasteiger partial charge in [-0.05, 0) is 11.6 Å². The molecule has 0 unspecified atom stereocenters. The maximum Gasteiger partial charge on any atom is 0.163 e. The van der Waals surface area contributed by atoms with Gasteiger partial charge in [-0.2, -0.15) is 10.4 Å². The third-order valence-electron chi connectivity index (χ3n) is 2.18. The topological polar surface area (TPSA) is 78.5 Å². The van der Waals surface area contributed by atoms with E-state index in [1.165, 1.54) is 0 Å². The molecule has 2 aromatic rings. The van der Waals surface area contributed by atoms with E-state index >= 15 is 0 Å². The second-order valence-corrected chi connectivity index (χ2v) is 3.25. The van der Waals surface area contributed by atoms with Crippen molar-refractivity contribution >= 4 is 18.0 Å². The van der Waals surface area contributed by atoms with E-state index in [9.17, 15) is 0 Å². The Morgan fingerprint density at radius 1 is 1.25 bits per heavy atom. The van der Waals surface area contributed by atoms with E-state index in [1.54, 1.807) is 6.08 Å². The van der Waals surface area contributed by atoms with Crippen LogP contribution in [0.1, 0.15) is 16.8 Å². The van der Waals surface area contributed by atoms with Gasteiger partial charge in [-0.15, -0.1) is 0 Å². The zero-order chi connectivity index (χ0) is 11.4. The van der Waals surface area contributed by atoms with Gasteiger partial charge in [-0.1, -0.05) is 36.4 Å². The lowest BCUT2D eigenvalue weighted by Crippen LogP contribution is -1.87. The molecule has 0 spiro atoms. The molecule has 1 heterocycles. The molecule has 1 aromatic carbocycles. The van der Waals surface area contributed by atoms with Gasteiger partial charge >= 0.3 is 0 Å². The van der Waals surface area contributed by atoms with E-state index in [-0.39, 0.29) is 5.82 Å². The van der Waals surface area contributed by atoms with E-state index in [0.717, 1.165) is 5.56 Å². The molecule has 1 aromatic heterocycles. The van der Waals surface area contributed by atoms with Crippen LogP contribution in [0.2, 0.25) is 0 Å². The van der Waals surface area contributed by atoms with Crippen LogP contribution in [0.15, 0.2) is 30.3 Å². The molecule has 0 aliphatic rings. The Labute approximate surface area is 93.0 Å². The first kappa shape index (κ1) is 9.99. The number of nitriles is 1. The summed E-state index contributed by atoms with van der Waals surface area (Å²) in [5, 5.41) is 15.4. The van der Waals surface area contributed by atoms with Gasteiger partial charge in [-0.3, -0.25) is 5.10 Å². The van der Waals surface area contributed by atoms with E-state index in [2.05, 4.69) is 10.2 Å². The van der Waals surface area contributed by atoms with Crippen molar-refractivity contribution in [3.05, 3.63) is 47.2 Å². The van der Waals surface area contributed by atoms with Gasteiger partial charge in [0.1, 0.15) is 11.6 Å². The van der Waals surface area contributed by atoms with Gasteiger partial charge in [0, 0.05) is 0 Å². The molecule has 78 valence electrons. The number of hydrogen-bond donors (Lipinski definition) is 2. The fourth-order valence-corrected chi connectivity index (χ4v) is 1.35. The number of anilines is 1. The van der Waals surface area contributed by atoms with Gasteiger partial charge in [-0.25, -0.2) is 0 Å². The summed E-state index contributed by atoms with van der Waals surface area (Å²) < 4.78 is 0. The molecule has 0 atom stereocenters. The average Bonchev–Trinajstić information content (AvgIpc) is 2.68. The van der Waals surface area contributed by atoms with Crippen LogP contribution in [0.25, 0.3) is 12.2 Å². The molecule has 4 nitrogen and oxygen atoms in total. The highest BCUT2D eigenvalue weighted by atomic mass is 15.2. The number of nitrogens with zero attached hydrogens (tertiary/aromatic N) is 2. The molecule has 0 bridgehead atoms. The van der Waals surface area contributed by atoms with Crippen LogP contribution in [-0.4, -0.2) is 10.2 Å². The third kappa shape index (κ3) is 1.93. The SMILES string of the molecule is N#Cc1c(N)n[nH]c1C=Cc1ccccc1. The summed E-state index contributed by atoms with van der Waals surface area (Å²) in [7, 11) is 0. The highest BCUT2D eigenvalue weighted by Gasteiger charge is 2.06. The largest absolute Gasteiger partial charge is 0.381 e. The molecule has 3 N–H and O–H groups in total. The number of nitrogens with one attached hydrogen (secondary N) is 1. The number of H-pyrrole nitrogens is 1. The van der Waals surface area contributed by atoms with Gasteiger partial charge < -0.3 is 5.73 Å². The first-order chi connectivity index (χ1) is 7.81. The lowest BCUT2D eigenvalue weighted by Gasteiger charge is -1.91. The van der Waals surface area contributed by atoms with E-state index in [0.29, 0.717) is 11.3 Å². The molecular weight excluding hydrogens is 200 g/mol. The smallest absolute Gasteiger partial charge is 0.163 e. The summed E-state index contributed by atoms with van der Waals surface area (Å²) in [6, 6.07) is 11.8. The second kappa shape index (κ2) is 4.32. The Balaban J connectivity index is 2.28. The second-order valence-electron chi connectivity index (χ2n) is 3.25. The first-order valence-electron chi connectivity index (χ1n) is 4.78. The lowest BCUT2D eigenvalue weighted by atomic mass is 10.1. The van der Waals surface area contributed by atoms with Crippen LogP contribution >= 0.6 is 0 Å². The van der Waals surface area contributed by atoms with Crippen molar-refractivity contribution in [2.45, 2.75) is 0 Å². The van der Waals surface area contributed by atoms with Crippen molar-refractivity contribution in [2.75, 3.05) is 5.73 Å². The maximum absolute atomic E-state index is 8.86. The number of hydrogen-bond acceptors (Lipinski definition) is 3. The van der Waals surface area contributed by atoms with Gasteiger partial charge in [0.15, 0.2) is 5.82 Å². The Bertz CT molecular complexity index is 546. The lowest BCUT2D eigenvalue weighted by molar-refractivity contribution is 1.09. The van der Waals surface area contributed by atoms with Crippen molar-refractivity contribution in [3.63, 3.8) is 0 Å². The van der Waals surface area contributed by atoms with Crippen molar-refractivity contribution in [1.29, 1.82) is 5.26 Å². The van der Waals surface area contributed by atoms with E-state index < -0.39 is 0 Å². The molecule has 4 heteroatoms. The molecule has 0 saturated heterocycles. The summed E-state index contributed by atoms with van der Waals surface area (Å²) in [4.78, 5) is 0. The Morgan fingerprint density at radius 2 is 2.00 bits per heavy atom. The number of benzene rings is 1. The molecule has 0 radical (unpaired) electrons. The summed E-state index contributed by atoms with van der Waals surface area (Å²) in [5.41, 5.74) is 7.59. The first-order valence-corrected chi connectivity index (χ1v) is 4.78. The standard InChI is InChI=1S/C12H10N4/c13-8-10-11(15-16-12(10)14)7-6-9-4-2-1-3-5-9/h1-7H,(H3,14,15,16). The Kier molecular flexibility index (Phi) is 2.70. The molecular formula is C12H10N4. The number of nitrogens with two attached hydrogens (primary N) is 1. The van der Waals surface area contributed by atoms with Crippen molar-refractivity contribution in [1.82, 2.24) is 10.2 Å². The Hall–Kier alpha value is -2.54. The predicted molar refractivity (Wildman–Crippen MR) is 63.1 cm³/mol. The molecule has 0 aliphatic heterocycles. The van der Waals surface area contributed by atoms with Gasteiger partial charge in [0.2, 0.25) is 0 Å². The highest BCUT2D eigenvalue weighted by molar-refractivity contribution is 5.73. The van der Waals surface area contributed by atoms with Gasteiger partial charge in [0.25, 0.3) is 0 Å². The molecule has 0 saturated carbocycles. The quantitative estimate of drug-likeness (QED) is 0.796. The Morgan fingerprint density at radius 3 is 2.69 bits per heavy atom. The summed E-state index contributed by atoms with van der Waals surface area (Å²) in [6.45, 7) is 0. The zero-order valence-corrected chi connectivity index (χ0v) is 8.51. The van der Waals surface area contributed by atoms with Crippen molar-refractivity contribution in [2.24, 2.45) is 0 Å². The highest BCUT2D eigenvalue weighted by Crippen LogP contribution is 2.14. The minimum absolute atomic E-state index is 0.232. The molecule has 0 aliphatic carbocycles.